The predicted octanol–water partition coefficient (Wildman–Crippen LogP) is 3.27. The molecule has 28 heavy (non-hydrogen) atoms. The van der Waals surface area contributed by atoms with Gasteiger partial charge in [0.2, 0.25) is 5.90 Å². The van der Waals surface area contributed by atoms with E-state index in [1.165, 1.54) is 0 Å². The lowest BCUT2D eigenvalue weighted by molar-refractivity contribution is -0.129. The third-order valence-electron chi connectivity index (χ3n) is 4.61. The molecule has 6 heteroatoms. The molecule has 4 rings (SSSR count). The number of benzene rings is 2. The maximum absolute atomic E-state index is 12.3. The zero-order valence-corrected chi connectivity index (χ0v) is 15.8. The summed E-state index contributed by atoms with van der Waals surface area (Å²) < 4.78 is 16.4. The monoisotopic (exact) mass is 378 g/mol. The average molecular weight is 378 g/mol. The molecule has 0 aliphatic carbocycles. The number of cyclic esters (lactones) is 1. The average Bonchev–Trinajstić information content (AvgIpc) is 3.10. The molecule has 2 aliphatic rings. The largest absolute Gasteiger partial charge is 0.493 e. The van der Waals surface area contributed by atoms with E-state index in [0.717, 1.165) is 37.6 Å². The van der Waals surface area contributed by atoms with Gasteiger partial charge >= 0.3 is 5.97 Å². The highest BCUT2D eigenvalue weighted by atomic mass is 16.6. The molecule has 2 aromatic carbocycles. The van der Waals surface area contributed by atoms with Crippen LogP contribution in [0.3, 0.4) is 0 Å². The fourth-order valence-corrected chi connectivity index (χ4v) is 3.21. The number of ether oxygens (including phenoxy) is 3. The number of aliphatic imine (C=N–C) groups is 1. The SMILES string of the molecule is CCOc1ccccc1C1=N/C(=C\c2ccc(N3CCOCC3)cc2)C(=O)O1. The minimum absolute atomic E-state index is 0.269. The quantitative estimate of drug-likeness (QED) is 0.590. The molecular formula is C22H22N2O4. The number of hydrogen-bond donors (Lipinski definition) is 0. The zero-order chi connectivity index (χ0) is 19.3. The smallest absolute Gasteiger partial charge is 0.363 e. The third kappa shape index (κ3) is 3.92. The molecule has 0 aromatic heterocycles. The standard InChI is InChI=1S/C22H22N2O4/c1-2-27-20-6-4-3-5-18(20)21-23-19(22(25)28-21)15-16-7-9-17(10-8-16)24-11-13-26-14-12-24/h3-10,15H,2,11-14H2,1H3/b19-15-. The van der Waals surface area contributed by atoms with Crippen LogP contribution in [0.5, 0.6) is 5.75 Å². The van der Waals surface area contributed by atoms with Gasteiger partial charge in [-0.15, -0.1) is 0 Å². The zero-order valence-electron chi connectivity index (χ0n) is 15.8. The molecule has 1 saturated heterocycles. The van der Waals surface area contributed by atoms with Gasteiger partial charge in [-0.1, -0.05) is 24.3 Å². The van der Waals surface area contributed by atoms with Gasteiger partial charge in [-0.2, -0.15) is 0 Å². The van der Waals surface area contributed by atoms with Crippen molar-refractivity contribution in [2.75, 3.05) is 37.8 Å². The van der Waals surface area contributed by atoms with E-state index in [1.807, 2.05) is 55.5 Å². The molecule has 0 atom stereocenters. The number of anilines is 1. The van der Waals surface area contributed by atoms with Crippen molar-refractivity contribution in [3.05, 3.63) is 65.4 Å². The molecule has 144 valence electrons. The number of morpholine rings is 1. The Kier molecular flexibility index (Phi) is 5.39. The van der Waals surface area contributed by atoms with Crippen molar-refractivity contribution in [1.29, 1.82) is 0 Å². The van der Waals surface area contributed by atoms with Gasteiger partial charge < -0.3 is 19.1 Å². The van der Waals surface area contributed by atoms with E-state index in [-0.39, 0.29) is 11.6 Å². The molecule has 2 aliphatic heterocycles. The first kappa shape index (κ1) is 18.3. The van der Waals surface area contributed by atoms with Crippen molar-refractivity contribution in [1.82, 2.24) is 0 Å². The van der Waals surface area contributed by atoms with Crippen molar-refractivity contribution in [3.8, 4) is 5.75 Å². The van der Waals surface area contributed by atoms with Crippen LogP contribution in [0.4, 0.5) is 5.69 Å². The Hall–Kier alpha value is -3.12. The Bertz CT molecular complexity index is 912. The number of esters is 1. The highest BCUT2D eigenvalue weighted by Gasteiger charge is 2.26. The maximum Gasteiger partial charge on any atom is 0.363 e. The second-order valence-electron chi connectivity index (χ2n) is 6.46. The molecule has 0 saturated carbocycles. The first-order chi connectivity index (χ1) is 13.7. The molecule has 0 amide bonds. The molecule has 2 heterocycles. The topological polar surface area (TPSA) is 60.4 Å². The van der Waals surface area contributed by atoms with Gasteiger partial charge in [-0.25, -0.2) is 9.79 Å². The molecule has 2 aromatic rings. The lowest BCUT2D eigenvalue weighted by atomic mass is 10.1. The summed E-state index contributed by atoms with van der Waals surface area (Å²) in [4.78, 5) is 18.9. The minimum atomic E-state index is -0.460. The summed E-state index contributed by atoms with van der Waals surface area (Å²) in [6.07, 6.45) is 1.74. The van der Waals surface area contributed by atoms with Gasteiger partial charge in [0.05, 0.1) is 25.4 Å². The van der Waals surface area contributed by atoms with E-state index in [1.54, 1.807) is 6.08 Å². The number of nitrogens with zero attached hydrogens (tertiary/aromatic N) is 2. The summed E-state index contributed by atoms with van der Waals surface area (Å²) in [5.74, 6) is 0.455. The Morgan fingerprint density at radius 1 is 1.11 bits per heavy atom. The Morgan fingerprint density at radius 2 is 1.86 bits per heavy atom. The van der Waals surface area contributed by atoms with Gasteiger partial charge in [0.15, 0.2) is 5.70 Å². The van der Waals surface area contributed by atoms with E-state index in [9.17, 15) is 4.79 Å². The second kappa shape index (κ2) is 8.27. The maximum atomic E-state index is 12.3. The molecule has 0 N–H and O–H groups in total. The summed E-state index contributed by atoms with van der Waals surface area (Å²) in [6.45, 7) is 5.71. The number of para-hydroxylation sites is 1. The fraction of sp³-hybridized carbons (Fsp3) is 0.273. The predicted molar refractivity (Wildman–Crippen MR) is 108 cm³/mol. The van der Waals surface area contributed by atoms with E-state index in [0.29, 0.717) is 17.9 Å². The fourth-order valence-electron chi connectivity index (χ4n) is 3.21. The summed E-state index contributed by atoms with van der Waals surface area (Å²) in [5, 5.41) is 0. The number of carbonyl (C=O) groups excluding carboxylic acids is 1. The van der Waals surface area contributed by atoms with Crippen LogP contribution >= 0.6 is 0 Å². The number of hydrogen-bond acceptors (Lipinski definition) is 6. The van der Waals surface area contributed by atoms with Gasteiger partial charge in [0.25, 0.3) is 0 Å². The summed E-state index contributed by atoms with van der Waals surface area (Å²) in [7, 11) is 0. The Morgan fingerprint density at radius 3 is 2.61 bits per heavy atom. The van der Waals surface area contributed by atoms with Crippen LogP contribution in [0, 0.1) is 0 Å². The Labute approximate surface area is 164 Å². The highest BCUT2D eigenvalue weighted by molar-refractivity contribution is 6.13. The normalized spacial score (nSPS) is 18.2. The Balaban J connectivity index is 1.55. The van der Waals surface area contributed by atoms with Gasteiger partial charge in [0.1, 0.15) is 5.75 Å². The minimum Gasteiger partial charge on any atom is -0.493 e. The number of rotatable bonds is 5. The van der Waals surface area contributed by atoms with Crippen molar-refractivity contribution in [2.24, 2.45) is 4.99 Å². The van der Waals surface area contributed by atoms with E-state index >= 15 is 0 Å². The second-order valence-corrected chi connectivity index (χ2v) is 6.46. The van der Waals surface area contributed by atoms with Crippen LogP contribution in [0.1, 0.15) is 18.1 Å². The van der Waals surface area contributed by atoms with Crippen molar-refractivity contribution in [3.63, 3.8) is 0 Å². The van der Waals surface area contributed by atoms with Gasteiger partial charge in [-0.3, -0.25) is 0 Å². The van der Waals surface area contributed by atoms with Crippen LogP contribution in [0.15, 0.2) is 59.2 Å². The van der Waals surface area contributed by atoms with E-state index in [4.69, 9.17) is 14.2 Å². The molecule has 0 bridgehead atoms. The van der Waals surface area contributed by atoms with Crippen LogP contribution < -0.4 is 9.64 Å². The lowest BCUT2D eigenvalue weighted by Crippen LogP contribution is -2.36. The molecule has 6 nitrogen and oxygen atoms in total. The molecule has 1 fully saturated rings. The van der Waals surface area contributed by atoms with Crippen LogP contribution in [0.2, 0.25) is 0 Å². The van der Waals surface area contributed by atoms with Crippen molar-refractivity contribution in [2.45, 2.75) is 6.92 Å². The molecule has 0 unspecified atom stereocenters. The van der Waals surface area contributed by atoms with Crippen LogP contribution in [-0.4, -0.2) is 44.8 Å². The first-order valence-electron chi connectivity index (χ1n) is 9.42. The summed E-state index contributed by atoms with van der Waals surface area (Å²) in [6, 6.07) is 15.5. The number of carbonyl (C=O) groups is 1. The third-order valence-corrected chi connectivity index (χ3v) is 4.61. The van der Waals surface area contributed by atoms with E-state index in [2.05, 4.69) is 9.89 Å². The van der Waals surface area contributed by atoms with Crippen LogP contribution in [0.25, 0.3) is 6.08 Å². The van der Waals surface area contributed by atoms with Crippen LogP contribution in [-0.2, 0) is 14.3 Å². The van der Waals surface area contributed by atoms with Gasteiger partial charge in [-0.05, 0) is 42.8 Å². The van der Waals surface area contributed by atoms with E-state index < -0.39 is 5.97 Å². The summed E-state index contributed by atoms with van der Waals surface area (Å²) in [5.41, 5.74) is 2.99. The molecular weight excluding hydrogens is 356 g/mol. The van der Waals surface area contributed by atoms with Gasteiger partial charge in [0, 0.05) is 18.8 Å². The van der Waals surface area contributed by atoms with Crippen molar-refractivity contribution >= 4 is 23.6 Å². The first-order valence-corrected chi connectivity index (χ1v) is 9.42. The highest BCUT2D eigenvalue weighted by Crippen LogP contribution is 2.26. The summed E-state index contributed by atoms with van der Waals surface area (Å²) >= 11 is 0. The lowest BCUT2D eigenvalue weighted by Gasteiger charge is -2.28. The van der Waals surface area contributed by atoms with Crippen molar-refractivity contribution < 1.29 is 19.0 Å². The molecule has 0 radical (unpaired) electrons. The molecule has 0 spiro atoms.